The van der Waals surface area contributed by atoms with E-state index in [0.717, 1.165) is 10.0 Å². The Labute approximate surface area is 179 Å². The summed E-state index contributed by atoms with van der Waals surface area (Å²) in [6.45, 7) is 2.45. The van der Waals surface area contributed by atoms with Crippen LogP contribution in [0.5, 0.6) is 5.75 Å². The molecular weight excluding hydrogens is 477 g/mol. The van der Waals surface area contributed by atoms with Gasteiger partial charge in [0, 0.05) is 10.0 Å². The van der Waals surface area contributed by atoms with Gasteiger partial charge in [-0.3, -0.25) is 9.69 Å². The van der Waals surface area contributed by atoms with Gasteiger partial charge in [-0.05, 0) is 49.4 Å². The molecule has 0 N–H and O–H groups in total. The Morgan fingerprint density at radius 1 is 1.23 bits per heavy atom. The molecule has 134 valence electrons. The normalized spacial score (nSPS) is 15.8. The predicted octanol–water partition coefficient (Wildman–Crippen LogP) is 6.56. The van der Waals surface area contributed by atoms with Crippen molar-refractivity contribution in [2.75, 3.05) is 11.5 Å². The second kappa shape index (κ2) is 8.31. The summed E-state index contributed by atoms with van der Waals surface area (Å²) in [5.74, 6) is 0.497. The van der Waals surface area contributed by atoms with Crippen LogP contribution in [-0.4, -0.2) is 16.8 Å². The van der Waals surface area contributed by atoms with Crippen LogP contribution in [0.3, 0.4) is 0 Å². The number of thioether (sulfide) groups is 1. The lowest BCUT2D eigenvalue weighted by molar-refractivity contribution is -0.113. The van der Waals surface area contributed by atoms with Gasteiger partial charge in [0.05, 0.1) is 27.2 Å². The number of hydrogen-bond acceptors (Lipinski definition) is 4. The zero-order valence-corrected chi connectivity index (χ0v) is 18.2. The molecule has 1 amide bonds. The number of thiocarbonyl (C=S) groups is 1. The number of amides is 1. The van der Waals surface area contributed by atoms with Gasteiger partial charge in [0.25, 0.3) is 5.91 Å². The molecule has 0 aromatic heterocycles. The van der Waals surface area contributed by atoms with Gasteiger partial charge in [-0.15, -0.1) is 0 Å². The van der Waals surface area contributed by atoms with Crippen LogP contribution in [0.15, 0.2) is 45.8 Å². The van der Waals surface area contributed by atoms with Gasteiger partial charge in [0.1, 0.15) is 5.75 Å². The van der Waals surface area contributed by atoms with E-state index in [2.05, 4.69) is 15.9 Å². The topological polar surface area (TPSA) is 29.5 Å². The number of halogens is 3. The largest absolute Gasteiger partial charge is 0.493 e. The van der Waals surface area contributed by atoms with Gasteiger partial charge >= 0.3 is 0 Å². The maximum absolute atomic E-state index is 12.9. The van der Waals surface area contributed by atoms with Crippen molar-refractivity contribution in [3.8, 4) is 5.75 Å². The van der Waals surface area contributed by atoms with E-state index >= 15 is 0 Å². The third-order valence-corrected chi connectivity index (χ3v) is 6.05. The molecule has 1 saturated heterocycles. The summed E-state index contributed by atoms with van der Waals surface area (Å²) in [5.41, 5.74) is 1.39. The number of anilines is 1. The number of rotatable bonds is 4. The summed E-state index contributed by atoms with van der Waals surface area (Å²) >= 11 is 22.1. The van der Waals surface area contributed by atoms with E-state index in [0.29, 0.717) is 37.3 Å². The average Bonchev–Trinajstić information content (AvgIpc) is 2.87. The van der Waals surface area contributed by atoms with Gasteiger partial charge in [-0.25, -0.2) is 0 Å². The van der Waals surface area contributed by atoms with Crippen LogP contribution in [0.2, 0.25) is 10.0 Å². The number of carbonyl (C=O) groups is 1. The van der Waals surface area contributed by atoms with Crippen LogP contribution in [-0.2, 0) is 4.79 Å². The van der Waals surface area contributed by atoms with Crippen LogP contribution in [0.25, 0.3) is 6.08 Å². The molecule has 8 heteroatoms. The van der Waals surface area contributed by atoms with Gasteiger partial charge in [0.2, 0.25) is 0 Å². The van der Waals surface area contributed by atoms with E-state index < -0.39 is 0 Å². The molecule has 2 aromatic carbocycles. The molecule has 2 aromatic rings. The fourth-order valence-corrected chi connectivity index (χ4v) is 4.34. The Bertz CT molecular complexity index is 933. The van der Waals surface area contributed by atoms with Crippen LogP contribution >= 0.6 is 63.1 Å². The molecule has 0 radical (unpaired) electrons. The standard InChI is InChI=1S/C18H12BrCl2NO2S2/c1-2-24-15-6-3-11(19)7-10(15)8-16-17(23)22(18(25)26-16)12-4-5-13(20)14(21)9-12/h3-9H,2H2,1H3/b16-8-. The minimum atomic E-state index is -0.208. The number of nitrogens with zero attached hydrogens (tertiary/aromatic N) is 1. The molecule has 1 aliphatic rings. The summed E-state index contributed by atoms with van der Waals surface area (Å²) in [5, 5.41) is 0.791. The molecule has 26 heavy (non-hydrogen) atoms. The fourth-order valence-electron chi connectivity index (χ4n) is 2.37. The maximum Gasteiger partial charge on any atom is 0.270 e. The summed E-state index contributed by atoms with van der Waals surface area (Å²) in [6.07, 6.45) is 1.78. The van der Waals surface area contributed by atoms with Gasteiger partial charge in [-0.2, -0.15) is 0 Å². The van der Waals surface area contributed by atoms with Crippen molar-refractivity contribution in [3.05, 3.63) is 61.4 Å². The van der Waals surface area contributed by atoms with E-state index in [-0.39, 0.29) is 5.91 Å². The Balaban J connectivity index is 1.97. The van der Waals surface area contributed by atoms with Crippen molar-refractivity contribution in [1.29, 1.82) is 0 Å². The first kappa shape index (κ1) is 19.7. The Hall–Kier alpha value is -1.05. The quantitative estimate of drug-likeness (QED) is 0.360. The summed E-state index contributed by atoms with van der Waals surface area (Å²) in [4.78, 5) is 14.9. The molecule has 3 rings (SSSR count). The Morgan fingerprint density at radius 3 is 2.69 bits per heavy atom. The summed E-state index contributed by atoms with van der Waals surface area (Å²) in [6, 6.07) is 10.6. The van der Waals surface area contributed by atoms with Crippen LogP contribution in [0, 0.1) is 0 Å². The molecule has 0 unspecified atom stereocenters. The molecule has 0 atom stereocenters. The zero-order valence-electron chi connectivity index (χ0n) is 13.5. The predicted molar refractivity (Wildman–Crippen MR) is 117 cm³/mol. The van der Waals surface area contributed by atoms with E-state index in [1.54, 1.807) is 24.3 Å². The molecular formula is C18H12BrCl2NO2S2. The second-order valence-corrected chi connectivity index (χ2v) is 8.64. The first-order valence-electron chi connectivity index (χ1n) is 7.56. The van der Waals surface area contributed by atoms with Crippen molar-refractivity contribution in [3.63, 3.8) is 0 Å². The first-order chi connectivity index (χ1) is 12.4. The number of carbonyl (C=O) groups excluding carboxylic acids is 1. The highest BCUT2D eigenvalue weighted by atomic mass is 79.9. The molecule has 1 fully saturated rings. The average molecular weight is 489 g/mol. The molecule has 0 spiro atoms. The van der Waals surface area contributed by atoms with E-state index in [4.69, 9.17) is 40.2 Å². The van der Waals surface area contributed by atoms with Gasteiger partial charge < -0.3 is 4.74 Å². The number of hydrogen-bond donors (Lipinski definition) is 0. The lowest BCUT2D eigenvalue weighted by Crippen LogP contribution is -2.27. The van der Waals surface area contributed by atoms with Crippen molar-refractivity contribution in [2.45, 2.75) is 6.92 Å². The minimum absolute atomic E-state index is 0.208. The maximum atomic E-state index is 12.9. The van der Waals surface area contributed by atoms with Crippen molar-refractivity contribution in [2.24, 2.45) is 0 Å². The van der Waals surface area contributed by atoms with Crippen LogP contribution in [0.4, 0.5) is 5.69 Å². The highest BCUT2D eigenvalue weighted by Gasteiger charge is 2.33. The minimum Gasteiger partial charge on any atom is -0.493 e. The first-order valence-corrected chi connectivity index (χ1v) is 10.3. The Morgan fingerprint density at radius 2 is 2.00 bits per heavy atom. The third-order valence-electron chi connectivity index (χ3n) is 3.51. The van der Waals surface area contributed by atoms with Crippen molar-refractivity contribution in [1.82, 2.24) is 0 Å². The third kappa shape index (κ3) is 4.10. The van der Waals surface area contributed by atoms with Gasteiger partial charge in [0.15, 0.2) is 4.32 Å². The summed E-state index contributed by atoms with van der Waals surface area (Å²) < 4.78 is 6.97. The monoisotopic (exact) mass is 487 g/mol. The lowest BCUT2D eigenvalue weighted by Gasteiger charge is -2.15. The van der Waals surface area contributed by atoms with Crippen LogP contribution in [0.1, 0.15) is 12.5 Å². The van der Waals surface area contributed by atoms with Crippen molar-refractivity contribution >= 4 is 85.1 Å². The second-order valence-electron chi connectivity index (χ2n) is 5.23. The fraction of sp³-hybridized carbons (Fsp3) is 0.111. The van der Waals surface area contributed by atoms with Crippen LogP contribution < -0.4 is 9.64 Å². The lowest BCUT2D eigenvalue weighted by atomic mass is 10.2. The smallest absolute Gasteiger partial charge is 0.270 e. The van der Waals surface area contributed by atoms with E-state index in [1.165, 1.54) is 16.7 Å². The van der Waals surface area contributed by atoms with E-state index in [1.807, 2.05) is 25.1 Å². The highest BCUT2D eigenvalue weighted by Crippen LogP contribution is 2.39. The van der Waals surface area contributed by atoms with E-state index in [9.17, 15) is 4.79 Å². The highest BCUT2D eigenvalue weighted by molar-refractivity contribution is 9.10. The summed E-state index contributed by atoms with van der Waals surface area (Å²) in [7, 11) is 0. The molecule has 1 aliphatic heterocycles. The Kier molecular flexibility index (Phi) is 6.30. The molecule has 0 bridgehead atoms. The zero-order chi connectivity index (χ0) is 18.8. The molecule has 3 nitrogen and oxygen atoms in total. The number of benzene rings is 2. The molecule has 0 saturated carbocycles. The molecule has 1 heterocycles. The number of ether oxygens (including phenoxy) is 1. The SMILES string of the molecule is CCOc1ccc(Br)cc1/C=C1\SC(=S)N(c2ccc(Cl)c(Cl)c2)C1=O. The van der Waals surface area contributed by atoms with Crippen molar-refractivity contribution < 1.29 is 9.53 Å². The molecule has 0 aliphatic carbocycles. The van der Waals surface area contributed by atoms with Gasteiger partial charge in [-0.1, -0.05) is 63.1 Å².